The van der Waals surface area contributed by atoms with Crippen LogP contribution in [0.4, 0.5) is 11.4 Å². The van der Waals surface area contributed by atoms with Gasteiger partial charge in [-0.1, -0.05) is 0 Å². The number of anilines is 1. The smallest absolute Gasteiger partial charge is 0.335 e. The van der Waals surface area contributed by atoms with Crippen molar-refractivity contribution in [3.05, 3.63) is 33.9 Å². The van der Waals surface area contributed by atoms with Crippen molar-refractivity contribution in [1.29, 1.82) is 0 Å². The summed E-state index contributed by atoms with van der Waals surface area (Å²) in [4.78, 5) is 21.4. The zero-order chi connectivity index (χ0) is 14.8. The van der Waals surface area contributed by atoms with Crippen molar-refractivity contribution in [2.45, 2.75) is 25.3 Å². The number of nitro groups is 1. The molecule has 0 radical (unpaired) electrons. The van der Waals surface area contributed by atoms with Gasteiger partial charge in [0.05, 0.1) is 10.5 Å². The average Bonchev–Trinajstić information content (AvgIpc) is 2.39. The summed E-state index contributed by atoms with van der Waals surface area (Å²) in [6.45, 7) is 3.18. The van der Waals surface area contributed by atoms with Crippen LogP contribution in [0, 0.1) is 10.1 Å². The normalized spacial score (nSPS) is 17.4. The Hall–Kier alpha value is -2.15. The quantitative estimate of drug-likeness (QED) is 0.648. The van der Waals surface area contributed by atoms with E-state index in [2.05, 4.69) is 5.32 Å². The first-order valence-electron chi connectivity index (χ1n) is 6.29. The number of nitrogens with zero attached hydrogens (tertiary/aromatic N) is 1. The lowest BCUT2D eigenvalue weighted by Crippen LogP contribution is -2.40. The number of nitrogens with one attached hydrogen (secondary N) is 1. The van der Waals surface area contributed by atoms with E-state index >= 15 is 0 Å². The molecule has 108 valence electrons. The van der Waals surface area contributed by atoms with Gasteiger partial charge in [-0.05, 0) is 31.9 Å². The Bertz CT molecular complexity index is 538. The van der Waals surface area contributed by atoms with E-state index in [1.54, 1.807) is 0 Å². The van der Waals surface area contributed by atoms with Crippen LogP contribution in [-0.4, -0.2) is 34.8 Å². The van der Waals surface area contributed by atoms with Crippen LogP contribution < -0.4 is 5.32 Å². The molecule has 20 heavy (non-hydrogen) atoms. The van der Waals surface area contributed by atoms with E-state index in [0.717, 1.165) is 18.9 Å². The first-order valence-corrected chi connectivity index (χ1v) is 6.29. The number of ether oxygens (including phenoxy) is 1. The summed E-state index contributed by atoms with van der Waals surface area (Å²) in [5.74, 6) is -1.18. The SMILES string of the molecule is CC1(Nc2ccc(C(=O)O)cc2[N+](=O)[O-])CCOCC1. The Morgan fingerprint density at radius 3 is 2.65 bits per heavy atom. The predicted octanol–water partition coefficient (Wildman–Crippen LogP) is 2.27. The first-order chi connectivity index (χ1) is 9.41. The first kappa shape index (κ1) is 14.3. The minimum atomic E-state index is -1.18. The molecule has 0 aromatic heterocycles. The van der Waals surface area contributed by atoms with Gasteiger partial charge in [-0.25, -0.2) is 4.79 Å². The minimum absolute atomic E-state index is 0.0978. The molecule has 0 bridgehead atoms. The Morgan fingerprint density at radius 2 is 2.10 bits per heavy atom. The van der Waals surface area contributed by atoms with Gasteiger partial charge in [0.15, 0.2) is 0 Å². The molecule has 7 nitrogen and oxygen atoms in total. The second-order valence-electron chi connectivity index (χ2n) is 5.09. The second kappa shape index (κ2) is 5.46. The molecule has 1 aliphatic rings. The molecule has 1 saturated heterocycles. The van der Waals surface area contributed by atoms with Gasteiger partial charge in [-0.2, -0.15) is 0 Å². The zero-order valence-corrected chi connectivity index (χ0v) is 11.1. The van der Waals surface area contributed by atoms with E-state index in [1.165, 1.54) is 12.1 Å². The molecule has 1 fully saturated rings. The van der Waals surface area contributed by atoms with E-state index in [0.29, 0.717) is 18.9 Å². The molecule has 0 atom stereocenters. The Balaban J connectivity index is 2.31. The van der Waals surface area contributed by atoms with Crippen molar-refractivity contribution >= 4 is 17.3 Å². The third kappa shape index (κ3) is 3.05. The number of carbonyl (C=O) groups is 1. The maximum Gasteiger partial charge on any atom is 0.335 e. The van der Waals surface area contributed by atoms with Crippen LogP contribution in [0.1, 0.15) is 30.1 Å². The molecule has 7 heteroatoms. The van der Waals surface area contributed by atoms with Gasteiger partial charge < -0.3 is 15.2 Å². The lowest BCUT2D eigenvalue weighted by Gasteiger charge is -2.35. The van der Waals surface area contributed by atoms with Gasteiger partial charge in [0.1, 0.15) is 5.69 Å². The third-order valence-electron chi connectivity index (χ3n) is 3.47. The summed E-state index contributed by atoms with van der Waals surface area (Å²) in [6.07, 6.45) is 1.48. The highest BCUT2D eigenvalue weighted by atomic mass is 16.6. The van der Waals surface area contributed by atoms with Crippen LogP contribution in [0.5, 0.6) is 0 Å². The highest BCUT2D eigenvalue weighted by molar-refractivity contribution is 5.89. The van der Waals surface area contributed by atoms with Crippen LogP contribution in [0.25, 0.3) is 0 Å². The van der Waals surface area contributed by atoms with Gasteiger partial charge in [0, 0.05) is 24.8 Å². The number of nitro benzene ring substituents is 1. The summed E-state index contributed by atoms with van der Waals surface area (Å²) in [7, 11) is 0. The van der Waals surface area contributed by atoms with Crippen molar-refractivity contribution in [3.8, 4) is 0 Å². The Morgan fingerprint density at radius 1 is 1.45 bits per heavy atom. The molecule has 1 aliphatic heterocycles. The standard InChI is InChI=1S/C13H16N2O5/c1-13(4-6-20-7-5-13)14-10-3-2-9(12(16)17)8-11(10)15(18)19/h2-3,8,14H,4-7H2,1H3,(H,16,17). The largest absolute Gasteiger partial charge is 0.478 e. The highest BCUT2D eigenvalue weighted by Gasteiger charge is 2.29. The van der Waals surface area contributed by atoms with Crippen molar-refractivity contribution in [2.24, 2.45) is 0 Å². The number of hydrogen-bond acceptors (Lipinski definition) is 5. The molecular weight excluding hydrogens is 264 g/mol. The molecule has 0 saturated carbocycles. The van der Waals surface area contributed by atoms with Gasteiger partial charge in [0.2, 0.25) is 0 Å². The van der Waals surface area contributed by atoms with Crippen LogP contribution in [0.15, 0.2) is 18.2 Å². The molecule has 0 aliphatic carbocycles. The van der Waals surface area contributed by atoms with Crippen LogP contribution in [0.3, 0.4) is 0 Å². The molecule has 1 aromatic carbocycles. The van der Waals surface area contributed by atoms with E-state index in [-0.39, 0.29) is 16.8 Å². The molecule has 2 rings (SSSR count). The van der Waals surface area contributed by atoms with E-state index in [4.69, 9.17) is 9.84 Å². The number of hydrogen-bond donors (Lipinski definition) is 2. The summed E-state index contributed by atoms with van der Waals surface area (Å²) in [5.41, 5.74) is -0.269. The average molecular weight is 280 g/mol. The zero-order valence-electron chi connectivity index (χ0n) is 11.1. The monoisotopic (exact) mass is 280 g/mol. The second-order valence-corrected chi connectivity index (χ2v) is 5.09. The number of benzene rings is 1. The maximum absolute atomic E-state index is 11.1. The number of carboxylic acids is 1. The molecule has 0 unspecified atom stereocenters. The van der Waals surface area contributed by atoms with Crippen molar-refractivity contribution < 1.29 is 19.6 Å². The van der Waals surface area contributed by atoms with Gasteiger partial charge >= 0.3 is 5.97 Å². The van der Waals surface area contributed by atoms with E-state index in [9.17, 15) is 14.9 Å². The molecule has 2 N–H and O–H groups in total. The van der Waals surface area contributed by atoms with Gasteiger partial charge in [-0.3, -0.25) is 10.1 Å². The number of carboxylic acid groups (broad SMARTS) is 1. The van der Waals surface area contributed by atoms with Crippen LogP contribution >= 0.6 is 0 Å². The van der Waals surface area contributed by atoms with E-state index in [1.807, 2.05) is 6.92 Å². The topological polar surface area (TPSA) is 102 Å². The summed E-state index contributed by atoms with van der Waals surface area (Å²) in [6, 6.07) is 3.88. The minimum Gasteiger partial charge on any atom is -0.478 e. The maximum atomic E-state index is 11.1. The Kier molecular flexibility index (Phi) is 3.89. The van der Waals surface area contributed by atoms with Crippen LogP contribution in [0.2, 0.25) is 0 Å². The third-order valence-corrected chi connectivity index (χ3v) is 3.47. The molecule has 0 amide bonds. The van der Waals surface area contributed by atoms with Crippen molar-refractivity contribution in [2.75, 3.05) is 18.5 Å². The lowest BCUT2D eigenvalue weighted by molar-refractivity contribution is -0.384. The fourth-order valence-electron chi connectivity index (χ4n) is 2.19. The fourth-order valence-corrected chi connectivity index (χ4v) is 2.19. The summed E-state index contributed by atoms with van der Waals surface area (Å²) in [5, 5.41) is 23.1. The fraction of sp³-hybridized carbons (Fsp3) is 0.462. The number of aromatic carboxylic acids is 1. The van der Waals surface area contributed by atoms with Crippen LogP contribution in [-0.2, 0) is 4.74 Å². The van der Waals surface area contributed by atoms with Crippen molar-refractivity contribution in [3.63, 3.8) is 0 Å². The molecule has 0 spiro atoms. The number of rotatable bonds is 4. The van der Waals surface area contributed by atoms with E-state index < -0.39 is 10.9 Å². The van der Waals surface area contributed by atoms with Gasteiger partial charge in [-0.15, -0.1) is 0 Å². The predicted molar refractivity (Wildman–Crippen MR) is 72.1 cm³/mol. The molecule has 1 aromatic rings. The van der Waals surface area contributed by atoms with Gasteiger partial charge in [0.25, 0.3) is 5.69 Å². The lowest BCUT2D eigenvalue weighted by atomic mass is 9.92. The Labute approximate surface area is 115 Å². The molecule has 1 heterocycles. The highest BCUT2D eigenvalue weighted by Crippen LogP contribution is 2.32. The summed E-state index contributed by atoms with van der Waals surface area (Å²) < 4.78 is 5.28. The van der Waals surface area contributed by atoms with Crippen molar-refractivity contribution in [1.82, 2.24) is 0 Å². The summed E-state index contributed by atoms with van der Waals surface area (Å²) >= 11 is 0. The molecular formula is C13H16N2O5.